The maximum atomic E-state index is 12.6. The molecule has 1 saturated carbocycles. The summed E-state index contributed by atoms with van der Waals surface area (Å²) in [4.78, 5) is 12.3. The molecular weight excluding hydrogens is 368 g/mol. The maximum absolute atomic E-state index is 12.6. The van der Waals surface area contributed by atoms with Crippen molar-refractivity contribution in [3.63, 3.8) is 0 Å². The lowest BCUT2D eigenvalue weighted by molar-refractivity contribution is 0.0937. The third kappa shape index (κ3) is 3.85. The number of carbonyl (C=O) groups excluding carboxylic acids is 1. The molecule has 1 aliphatic carbocycles. The average molecular weight is 388 g/mol. The summed E-state index contributed by atoms with van der Waals surface area (Å²) >= 11 is 0. The van der Waals surface area contributed by atoms with Crippen molar-refractivity contribution in [1.29, 1.82) is 0 Å². The van der Waals surface area contributed by atoms with Crippen molar-refractivity contribution in [2.45, 2.75) is 36.6 Å². The third-order valence-corrected chi connectivity index (χ3v) is 6.14. The number of fused-ring (bicyclic) bond motifs is 1. The summed E-state index contributed by atoms with van der Waals surface area (Å²) in [5.41, 5.74) is 0.825. The number of nitrogens with one attached hydrogen (secondary N) is 2. The molecule has 1 amide bonds. The maximum Gasteiger partial charge on any atom is 0.261 e. The van der Waals surface area contributed by atoms with Crippen LogP contribution >= 0.6 is 0 Å². The van der Waals surface area contributed by atoms with Crippen LogP contribution in [0.5, 0.6) is 11.5 Å². The molecule has 0 spiro atoms. The van der Waals surface area contributed by atoms with Gasteiger partial charge >= 0.3 is 0 Å². The molecule has 2 N–H and O–H groups in total. The van der Waals surface area contributed by atoms with Crippen LogP contribution in [-0.4, -0.2) is 27.2 Å². The van der Waals surface area contributed by atoms with Crippen LogP contribution in [0.15, 0.2) is 47.4 Å². The summed E-state index contributed by atoms with van der Waals surface area (Å²) in [5.74, 6) is 0.902. The monoisotopic (exact) mass is 388 g/mol. The number of hydrogen-bond donors (Lipinski definition) is 2. The van der Waals surface area contributed by atoms with Gasteiger partial charge in [-0.1, -0.05) is 12.8 Å². The Bertz CT molecular complexity index is 951. The van der Waals surface area contributed by atoms with Crippen molar-refractivity contribution in [3.8, 4) is 11.5 Å². The predicted octanol–water partition coefficient (Wildman–Crippen LogP) is 2.89. The number of sulfonamides is 1. The number of ether oxygens (including phenoxy) is 2. The van der Waals surface area contributed by atoms with Gasteiger partial charge in [-0.2, -0.15) is 0 Å². The van der Waals surface area contributed by atoms with Crippen molar-refractivity contribution < 1.29 is 22.7 Å². The van der Waals surface area contributed by atoms with Gasteiger partial charge in [0.05, 0.1) is 10.6 Å². The summed E-state index contributed by atoms with van der Waals surface area (Å²) in [7, 11) is -3.77. The van der Waals surface area contributed by atoms with E-state index in [1.54, 1.807) is 18.2 Å². The first-order valence-corrected chi connectivity index (χ1v) is 10.3. The van der Waals surface area contributed by atoms with E-state index in [4.69, 9.17) is 9.47 Å². The van der Waals surface area contributed by atoms with Gasteiger partial charge in [0.1, 0.15) is 0 Å². The van der Waals surface area contributed by atoms with Crippen LogP contribution in [0.3, 0.4) is 0 Å². The van der Waals surface area contributed by atoms with Crippen molar-refractivity contribution in [2.75, 3.05) is 11.5 Å². The normalized spacial score (nSPS) is 16.3. The number of benzene rings is 2. The first kappa shape index (κ1) is 17.7. The quantitative estimate of drug-likeness (QED) is 0.821. The van der Waals surface area contributed by atoms with Crippen LogP contribution in [0.1, 0.15) is 36.0 Å². The van der Waals surface area contributed by atoms with Crippen LogP contribution in [0.2, 0.25) is 0 Å². The first-order valence-electron chi connectivity index (χ1n) is 8.85. The number of carbonyl (C=O) groups is 1. The second-order valence-electron chi connectivity index (χ2n) is 6.65. The molecule has 4 rings (SSSR count). The Balaban J connectivity index is 1.46. The molecule has 2 aliphatic rings. The van der Waals surface area contributed by atoms with Gasteiger partial charge in [-0.25, -0.2) is 8.42 Å². The Morgan fingerprint density at radius 3 is 2.41 bits per heavy atom. The van der Waals surface area contributed by atoms with E-state index in [2.05, 4.69) is 10.0 Å². The summed E-state index contributed by atoms with van der Waals surface area (Å²) < 4.78 is 38.1. The zero-order valence-corrected chi connectivity index (χ0v) is 15.4. The average Bonchev–Trinajstić information content (AvgIpc) is 3.32. The lowest BCUT2D eigenvalue weighted by Crippen LogP contribution is -2.32. The minimum absolute atomic E-state index is 0.0811. The van der Waals surface area contributed by atoms with E-state index in [0.717, 1.165) is 25.7 Å². The van der Waals surface area contributed by atoms with Crippen molar-refractivity contribution in [2.24, 2.45) is 0 Å². The highest BCUT2D eigenvalue weighted by Gasteiger charge is 2.20. The van der Waals surface area contributed by atoms with E-state index in [1.165, 1.54) is 24.3 Å². The molecule has 7 nitrogen and oxygen atoms in total. The summed E-state index contributed by atoms with van der Waals surface area (Å²) in [5, 5.41) is 2.99. The van der Waals surface area contributed by atoms with E-state index in [9.17, 15) is 13.2 Å². The largest absolute Gasteiger partial charge is 0.454 e. The molecule has 2 aromatic rings. The molecule has 142 valence electrons. The second-order valence-corrected chi connectivity index (χ2v) is 8.34. The molecule has 0 unspecified atom stereocenters. The standard InChI is InChI=1S/C19H20N2O5S/c22-19(20-14-3-1-2-4-14)13-5-8-16(9-6-13)27(23,24)21-15-7-10-17-18(11-15)26-12-25-17/h5-11,14,21H,1-4,12H2,(H,20,22). The molecule has 1 fully saturated rings. The lowest BCUT2D eigenvalue weighted by Gasteiger charge is -2.12. The SMILES string of the molecule is O=C(NC1CCCC1)c1ccc(S(=O)(=O)Nc2ccc3c(c2)OCO3)cc1. The van der Waals surface area contributed by atoms with E-state index in [-0.39, 0.29) is 23.6 Å². The predicted molar refractivity (Wildman–Crippen MR) is 99.5 cm³/mol. The van der Waals surface area contributed by atoms with Gasteiger partial charge in [0.15, 0.2) is 11.5 Å². The van der Waals surface area contributed by atoms with Crippen LogP contribution in [0.4, 0.5) is 5.69 Å². The molecule has 0 aromatic heterocycles. The van der Waals surface area contributed by atoms with Crippen LogP contribution in [-0.2, 0) is 10.0 Å². The van der Waals surface area contributed by atoms with Crippen molar-refractivity contribution >= 4 is 21.6 Å². The van der Waals surface area contributed by atoms with Gasteiger partial charge in [-0.3, -0.25) is 9.52 Å². The highest BCUT2D eigenvalue weighted by atomic mass is 32.2. The zero-order chi connectivity index (χ0) is 18.9. The van der Waals surface area contributed by atoms with E-state index < -0.39 is 10.0 Å². The fourth-order valence-electron chi connectivity index (χ4n) is 3.30. The minimum atomic E-state index is -3.77. The summed E-state index contributed by atoms with van der Waals surface area (Å²) in [6, 6.07) is 11.0. The molecule has 1 heterocycles. The molecule has 0 radical (unpaired) electrons. The number of anilines is 1. The van der Waals surface area contributed by atoms with Gasteiger partial charge in [-0.15, -0.1) is 0 Å². The van der Waals surface area contributed by atoms with Crippen LogP contribution < -0.4 is 19.5 Å². The van der Waals surface area contributed by atoms with Gasteiger partial charge in [-0.05, 0) is 49.2 Å². The van der Waals surface area contributed by atoms with Crippen molar-refractivity contribution in [3.05, 3.63) is 48.0 Å². The highest BCUT2D eigenvalue weighted by Crippen LogP contribution is 2.34. The first-order chi connectivity index (χ1) is 13.0. The highest BCUT2D eigenvalue weighted by molar-refractivity contribution is 7.92. The summed E-state index contributed by atoms with van der Waals surface area (Å²) in [6.45, 7) is 0.121. The van der Waals surface area contributed by atoms with E-state index >= 15 is 0 Å². The Hall–Kier alpha value is -2.74. The smallest absolute Gasteiger partial charge is 0.261 e. The van der Waals surface area contributed by atoms with Crippen molar-refractivity contribution in [1.82, 2.24) is 5.32 Å². The Morgan fingerprint density at radius 2 is 1.67 bits per heavy atom. The Kier molecular flexibility index (Phi) is 4.65. The third-order valence-electron chi connectivity index (χ3n) is 4.74. The van der Waals surface area contributed by atoms with Gasteiger partial charge in [0.25, 0.3) is 15.9 Å². The molecule has 2 aromatic carbocycles. The molecule has 8 heteroatoms. The summed E-state index contributed by atoms with van der Waals surface area (Å²) in [6.07, 6.45) is 4.26. The second kappa shape index (κ2) is 7.11. The molecule has 0 bridgehead atoms. The number of amides is 1. The molecule has 0 saturated heterocycles. The Labute approximate surface area is 157 Å². The minimum Gasteiger partial charge on any atom is -0.454 e. The van der Waals surface area contributed by atoms with Gasteiger partial charge in [0.2, 0.25) is 6.79 Å². The van der Waals surface area contributed by atoms with Crippen LogP contribution in [0.25, 0.3) is 0 Å². The van der Waals surface area contributed by atoms with Gasteiger partial charge < -0.3 is 14.8 Å². The van der Waals surface area contributed by atoms with E-state index in [0.29, 0.717) is 22.7 Å². The zero-order valence-electron chi connectivity index (χ0n) is 14.6. The fourth-order valence-corrected chi connectivity index (χ4v) is 4.35. The number of rotatable bonds is 5. The molecular formula is C19H20N2O5S. The molecule has 27 heavy (non-hydrogen) atoms. The topological polar surface area (TPSA) is 93.7 Å². The van der Waals surface area contributed by atoms with Gasteiger partial charge in [0, 0.05) is 17.7 Å². The van der Waals surface area contributed by atoms with E-state index in [1.807, 2.05) is 0 Å². The Morgan fingerprint density at radius 1 is 0.963 bits per heavy atom. The number of hydrogen-bond acceptors (Lipinski definition) is 5. The van der Waals surface area contributed by atoms with Crippen LogP contribution in [0, 0.1) is 0 Å². The fraction of sp³-hybridized carbons (Fsp3) is 0.316. The lowest BCUT2D eigenvalue weighted by atomic mass is 10.2. The molecule has 0 atom stereocenters. The molecule has 1 aliphatic heterocycles.